The van der Waals surface area contributed by atoms with Crippen molar-refractivity contribution in [2.45, 2.75) is 32.1 Å². The lowest BCUT2D eigenvalue weighted by molar-refractivity contribution is 0.0951. The van der Waals surface area contributed by atoms with Gasteiger partial charge in [-0.15, -0.1) is 0 Å². The molecule has 0 amide bonds. The summed E-state index contributed by atoms with van der Waals surface area (Å²) in [6, 6.07) is 14.3. The molecular formula is C18H17BrO. The van der Waals surface area contributed by atoms with Crippen LogP contribution in [0.15, 0.2) is 46.9 Å². The molecule has 0 spiro atoms. The van der Waals surface area contributed by atoms with Crippen molar-refractivity contribution >= 4 is 21.7 Å². The molecule has 0 fully saturated rings. The molecule has 0 aliphatic heterocycles. The van der Waals surface area contributed by atoms with Gasteiger partial charge in [-0.3, -0.25) is 4.79 Å². The van der Waals surface area contributed by atoms with Crippen molar-refractivity contribution in [3.05, 3.63) is 69.2 Å². The molecule has 2 aromatic rings. The summed E-state index contributed by atoms with van der Waals surface area (Å²) in [5.41, 5.74) is 4.53. The van der Waals surface area contributed by atoms with E-state index in [2.05, 4.69) is 34.1 Å². The number of halogens is 1. The molecule has 1 unspecified atom stereocenters. The highest BCUT2D eigenvalue weighted by molar-refractivity contribution is 9.10. The Hall–Kier alpha value is -1.41. The fraction of sp³-hybridized carbons (Fsp3) is 0.278. The second kappa shape index (κ2) is 5.53. The summed E-state index contributed by atoms with van der Waals surface area (Å²) in [7, 11) is 0. The normalized spacial score (nSPS) is 17.6. The Bertz CT molecular complexity index is 660. The van der Waals surface area contributed by atoms with E-state index < -0.39 is 0 Å². The predicted molar refractivity (Wildman–Crippen MR) is 85.3 cm³/mol. The maximum atomic E-state index is 12.8. The quantitative estimate of drug-likeness (QED) is 0.704. The third-order valence-electron chi connectivity index (χ3n) is 4.14. The molecule has 0 heterocycles. The zero-order chi connectivity index (χ0) is 14.1. The average molecular weight is 329 g/mol. The van der Waals surface area contributed by atoms with E-state index in [0.717, 1.165) is 34.9 Å². The van der Waals surface area contributed by atoms with E-state index in [-0.39, 0.29) is 11.7 Å². The predicted octanol–water partition coefficient (Wildman–Crippen LogP) is 5.06. The Morgan fingerprint density at radius 2 is 2.00 bits per heavy atom. The minimum atomic E-state index is 0.0227. The van der Waals surface area contributed by atoms with E-state index in [1.807, 2.05) is 31.2 Å². The van der Waals surface area contributed by atoms with Crippen LogP contribution in [0.2, 0.25) is 0 Å². The van der Waals surface area contributed by atoms with Crippen LogP contribution in [-0.4, -0.2) is 5.78 Å². The van der Waals surface area contributed by atoms with Crippen molar-refractivity contribution in [2.75, 3.05) is 0 Å². The zero-order valence-corrected chi connectivity index (χ0v) is 13.1. The molecule has 1 aliphatic rings. The molecule has 0 saturated carbocycles. The molecule has 20 heavy (non-hydrogen) atoms. The first-order chi connectivity index (χ1) is 9.66. The first kappa shape index (κ1) is 13.6. The largest absolute Gasteiger partial charge is 0.293 e. The van der Waals surface area contributed by atoms with Gasteiger partial charge in [0.15, 0.2) is 5.78 Å². The van der Waals surface area contributed by atoms with Gasteiger partial charge >= 0.3 is 0 Å². The van der Waals surface area contributed by atoms with E-state index >= 15 is 0 Å². The number of ketones is 1. The van der Waals surface area contributed by atoms with Crippen LogP contribution in [0.3, 0.4) is 0 Å². The zero-order valence-electron chi connectivity index (χ0n) is 11.5. The third-order valence-corrected chi connectivity index (χ3v) is 5.00. The molecule has 1 nitrogen and oxygen atoms in total. The number of benzene rings is 2. The van der Waals surface area contributed by atoms with E-state index in [4.69, 9.17) is 0 Å². The van der Waals surface area contributed by atoms with Crippen LogP contribution in [0.1, 0.15) is 45.8 Å². The van der Waals surface area contributed by atoms with Gasteiger partial charge in [0.25, 0.3) is 0 Å². The number of carbonyl (C=O) groups excluding carboxylic acids is 1. The summed E-state index contributed by atoms with van der Waals surface area (Å²) in [5, 5.41) is 0. The minimum absolute atomic E-state index is 0.0227. The monoisotopic (exact) mass is 328 g/mol. The van der Waals surface area contributed by atoms with Crippen molar-refractivity contribution in [3.8, 4) is 0 Å². The van der Waals surface area contributed by atoms with Crippen LogP contribution < -0.4 is 0 Å². The lowest BCUT2D eigenvalue weighted by atomic mass is 9.79. The number of hydrogen-bond acceptors (Lipinski definition) is 1. The van der Waals surface area contributed by atoms with Crippen molar-refractivity contribution in [3.63, 3.8) is 0 Å². The topological polar surface area (TPSA) is 17.1 Å². The second-order valence-corrected chi connectivity index (χ2v) is 6.33. The van der Waals surface area contributed by atoms with Crippen LogP contribution in [0, 0.1) is 6.92 Å². The molecule has 0 radical (unpaired) electrons. The summed E-state index contributed by atoms with van der Waals surface area (Å²) in [6.07, 6.45) is 3.15. The Balaban J connectivity index is 1.97. The maximum Gasteiger partial charge on any atom is 0.170 e. The number of fused-ring (bicyclic) bond motifs is 1. The Kier molecular flexibility index (Phi) is 3.75. The average Bonchev–Trinajstić information content (AvgIpc) is 2.49. The van der Waals surface area contributed by atoms with Gasteiger partial charge in [-0.2, -0.15) is 0 Å². The summed E-state index contributed by atoms with van der Waals surface area (Å²) in [6.45, 7) is 2.04. The standard InChI is InChI=1S/C18H17BrO/c1-12-9-10-14(11-17(12)19)18(20)16-8-4-6-13-5-2-3-7-15(13)16/h2-3,5,7,9-11,16H,4,6,8H2,1H3. The van der Waals surface area contributed by atoms with E-state index in [1.54, 1.807) is 0 Å². The van der Waals surface area contributed by atoms with Gasteiger partial charge in [0, 0.05) is 16.0 Å². The molecule has 1 atom stereocenters. The van der Waals surface area contributed by atoms with Crippen molar-refractivity contribution in [1.29, 1.82) is 0 Å². The Morgan fingerprint density at radius 3 is 2.80 bits per heavy atom. The number of Topliss-reactive ketones (excluding diaryl/α,β-unsaturated/α-hetero) is 1. The van der Waals surface area contributed by atoms with Crippen LogP contribution in [0.25, 0.3) is 0 Å². The van der Waals surface area contributed by atoms with Gasteiger partial charge in [-0.25, -0.2) is 0 Å². The first-order valence-corrected chi connectivity index (χ1v) is 7.84. The molecule has 102 valence electrons. The van der Waals surface area contributed by atoms with Crippen LogP contribution >= 0.6 is 15.9 Å². The van der Waals surface area contributed by atoms with E-state index in [0.29, 0.717) is 0 Å². The summed E-state index contributed by atoms with van der Waals surface area (Å²) < 4.78 is 1.01. The molecule has 0 aromatic heterocycles. The molecular weight excluding hydrogens is 312 g/mol. The number of carbonyl (C=O) groups is 1. The van der Waals surface area contributed by atoms with Crippen molar-refractivity contribution in [2.24, 2.45) is 0 Å². The van der Waals surface area contributed by atoms with Gasteiger partial charge in [0.2, 0.25) is 0 Å². The number of aryl methyl sites for hydroxylation is 2. The van der Waals surface area contributed by atoms with Gasteiger partial charge in [0.1, 0.15) is 0 Å². The summed E-state index contributed by atoms with van der Waals surface area (Å²) >= 11 is 3.52. The SMILES string of the molecule is Cc1ccc(C(=O)C2CCCc3ccccc32)cc1Br. The van der Waals surface area contributed by atoms with Gasteiger partial charge in [-0.1, -0.05) is 52.3 Å². The maximum absolute atomic E-state index is 12.8. The van der Waals surface area contributed by atoms with Crippen LogP contribution in [0.5, 0.6) is 0 Å². The molecule has 2 heteroatoms. The van der Waals surface area contributed by atoms with Gasteiger partial charge in [-0.05, 0) is 48.9 Å². The van der Waals surface area contributed by atoms with Crippen molar-refractivity contribution < 1.29 is 4.79 Å². The smallest absolute Gasteiger partial charge is 0.170 e. The molecule has 0 bridgehead atoms. The fourth-order valence-corrected chi connectivity index (χ4v) is 3.35. The summed E-state index contributed by atoms with van der Waals surface area (Å²) in [4.78, 5) is 12.8. The highest BCUT2D eigenvalue weighted by Crippen LogP contribution is 2.34. The molecule has 0 saturated heterocycles. The van der Waals surface area contributed by atoms with E-state index in [1.165, 1.54) is 11.1 Å². The minimum Gasteiger partial charge on any atom is -0.293 e. The van der Waals surface area contributed by atoms with Crippen LogP contribution in [-0.2, 0) is 6.42 Å². The lowest BCUT2D eigenvalue weighted by Gasteiger charge is -2.24. The van der Waals surface area contributed by atoms with Gasteiger partial charge in [0.05, 0.1) is 0 Å². The Labute approximate surface area is 128 Å². The number of hydrogen-bond donors (Lipinski definition) is 0. The summed E-state index contributed by atoms with van der Waals surface area (Å²) in [5.74, 6) is 0.271. The highest BCUT2D eigenvalue weighted by Gasteiger charge is 2.27. The highest BCUT2D eigenvalue weighted by atomic mass is 79.9. The molecule has 3 rings (SSSR count). The third kappa shape index (κ3) is 2.45. The molecule has 2 aromatic carbocycles. The second-order valence-electron chi connectivity index (χ2n) is 5.47. The van der Waals surface area contributed by atoms with Crippen LogP contribution in [0.4, 0.5) is 0 Å². The van der Waals surface area contributed by atoms with Crippen molar-refractivity contribution in [1.82, 2.24) is 0 Å². The number of rotatable bonds is 2. The van der Waals surface area contributed by atoms with Gasteiger partial charge < -0.3 is 0 Å². The molecule has 0 N–H and O–H groups in total. The van der Waals surface area contributed by atoms with E-state index in [9.17, 15) is 4.79 Å². The lowest BCUT2D eigenvalue weighted by Crippen LogP contribution is -2.18. The molecule has 1 aliphatic carbocycles. The Morgan fingerprint density at radius 1 is 1.20 bits per heavy atom. The first-order valence-electron chi connectivity index (χ1n) is 7.05. The fourth-order valence-electron chi connectivity index (χ4n) is 2.97.